The van der Waals surface area contributed by atoms with Gasteiger partial charge in [-0.2, -0.15) is 0 Å². The Kier molecular flexibility index (Phi) is 5.77. The molecule has 9 nitrogen and oxygen atoms in total. The minimum atomic E-state index is -0.732. The fourth-order valence-corrected chi connectivity index (χ4v) is 4.65. The lowest BCUT2D eigenvalue weighted by atomic mass is 10.1. The maximum absolute atomic E-state index is 13.6. The molecule has 0 bridgehead atoms. The average Bonchev–Trinajstić information content (AvgIpc) is 3.58. The molecule has 9 heteroatoms. The van der Waals surface area contributed by atoms with Crippen molar-refractivity contribution in [2.45, 2.75) is 57.0 Å². The van der Waals surface area contributed by atoms with Crippen LogP contribution in [0.5, 0.6) is 0 Å². The first-order chi connectivity index (χ1) is 16.5. The molecule has 1 N–H and O–H groups in total. The van der Waals surface area contributed by atoms with Gasteiger partial charge in [0.05, 0.1) is 23.7 Å². The average molecular weight is 463 g/mol. The Bertz CT molecular complexity index is 1380. The summed E-state index contributed by atoms with van der Waals surface area (Å²) in [4.78, 5) is 57.3. The first-order valence-electron chi connectivity index (χ1n) is 11.6. The normalized spacial score (nSPS) is 16.0. The maximum atomic E-state index is 13.6. The van der Waals surface area contributed by atoms with Gasteiger partial charge in [-0.3, -0.25) is 9.59 Å². The maximum Gasteiger partial charge on any atom is 0.338 e. The summed E-state index contributed by atoms with van der Waals surface area (Å²) in [6.07, 6.45) is 5.69. The number of hydrogen-bond donors (Lipinski definition) is 1. The summed E-state index contributed by atoms with van der Waals surface area (Å²) < 4.78 is 7.14. The fourth-order valence-electron chi connectivity index (χ4n) is 4.65. The van der Waals surface area contributed by atoms with Crippen LogP contribution in [0.25, 0.3) is 16.7 Å². The molecule has 0 unspecified atom stereocenters. The Balaban J connectivity index is 1.75. The number of carbonyl (C=O) groups excluding carboxylic acids is 2. The predicted octanol–water partition coefficient (Wildman–Crippen LogP) is 2.27. The van der Waals surface area contributed by atoms with E-state index in [0.29, 0.717) is 11.4 Å². The van der Waals surface area contributed by atoms with Crippen LogP contribution in [0.3, 0.4) is 0 Å². The van der Waals surface area contributed by atoms with E-state index in [-0.39, 0.29) is 28.6 Å². The summed E-state index contributed by atoms with van der Waals surface area (Å²) in [5.74, 6) is -0.925. The molecule has 0 radical (unpaired) electrons. The van der Waals surface area contributed by atoms with Crippen molar-refractivity contribution in [2.24, 2.45) is 0 Å². The summed E-state index contributed by atoms with van der Waals surface area (Å²) in [5.41, 5.74) is -0.134. The third kappa shape index (κ3) is 4.02. The molecule has 0 spiro atoms. The van der Waals surface area contributed by atoms with Crippen molar-refractivity contribution < 1.29 is 14.3 Å². The molecule has 2 aromatic heterocycles. The molecule has 2 aliphatic rings. The molecule has 5 rings (SSSR count). The molecule has 2 saturated carbocycles. The number of para-hydroxylation sites is 1. The fraction of sp³-hybridized carbons (Fsp3) is 0.400. The van der Waals surface area contributed by atoms with Crippen molar-refractivity contribution in [3.05, 3.63) is 68.5 Å². The van der Waals surface area contributed by atoms with Crippen molar-refractivity contribution in [3.63, 3.8) is 0 Å². The lowest BCUT2D eigenvalue weighted by Crippen LogP contribution is -2.45. The largest absolute Gasteiger partial charge is 0.465 e. The number of nitrogens with zero attached hydrogens (tertiary/aromatic N) is 3. The highest BCUT2D eigenvalue weighted by molar-refractivity contribution is 6.02. The van der Waals surface area contributed by atoms with Gasteiger partial charge < -0.3 is 10.1 Å². The van der Waals surface area contributed by atoms with Crippen LogP contribution in [0, 0.1) is 0 Å². The Morgan fingerprint density at radius 2 is 1.79 bits per heavy atom. The Hall–Kier alpha value is -3.75. The number of ether oxygens (including phenoxy) is 1. The van der Waals surface area contributed by atoms with E-state index in [1.807, 2.05) is 6.07 Å². The number of methoxy groups -OCH3 is 1. The molecule has 0 aliphatic heterocycles. The van der Waals surface area contributed by atoms with Crippen LogP contribution >= 0.6 is 0 Å². The zero-order chi connectivity index (χ0) is 23.8. The molecule has 1 amide bonds. The van der Waals surface area contributed by atoms with Crippen LogP contribution in [0.4, 0.5) is 0 Å². The SMILES string of the molecule is COC(=O)c1cc(C2CC2)nc2c1c(=O)n(CC(=O)NC1CCCC1)c(=O)n2-c1ccccc1. The molecule has 2 heterocycles. The number of pyridine rings is 1. The zero-order valence-corrected chi connectivity index (χ0v) is 19.0. The smallest absolute Gasteiger partial charge is 0.338 e. The van der Waals surface area contributed by atoms with Crippen molar-refractivity contribution in [1.82, 2.24) is 19.4 Å². The first-order valence-corrected chi connectivity index (χ1v) is 11.6. The van der Waals surface area contributed by atoms with Gasteiger partial charge in [-0.25, -0.2) is 23.7 Å². The summed E-state index contributed by atoms with van der Waals surface area (Å²) >= 11 is 0. The molecule has 1 aromatic carbocycles. The highest BCUT2D eigenvalue weighted by Gasteiger charge is 2.30. The van der Waals surface area contributed by atoms with Crippen LogP contribution in [0.1, 0.15) is 60.5 Å². The van der Waals surface area contributed by atoms with Crippen LogP contribution in [-0.2, 0) is 16.1 Å². The van der Waals surface area contributed by atoms with Gasteiger partial charge in [-0.1, -0.05) is 31.0 Å². The molecule has 176 valence electrons. The number of carbonyl (C=O) groups is 2. The monoisotopic (exact) mass is 462 g/mol. The number of rotatable bonds is 6. The van der Waals surface area contributed by atoms with E-state index in [4.69, 9.17) is 4.74 Å². The van der Waals surface area contributed by atoms with Crippen molar-refractivity contribution in [2.75, 3.05) is 7.11 Å². The van der Waals surface area contributed by atoms with E-state index in [1.54, 1.807) is 30.3 Å². The van der Waals surface area contributed by atoms with E-state index in [0.717, 1.165) is 43.1 Å². The molecule has 34 heavy (non-hydrogen) atoms. The second kappa shape index (κ2) is 8.89. The Morgan fingerprint density at radius 1 is 1.09 bits per heavy atom. The number of nitrogens with one attached hydrogen (secondary N) is 1. The molecular weight excluding hydrogens is 436 g/mol. The van der Waals surface area contributed by atoms with Gasteiger partial charge >= 0.3 is 11.7 Å². The van der Waals surface area contributed by atoms with Crippen molar-refractivity contribution >= 4 is 22.9 Å². The molecule has 2 fully saturated rings. The number of amides is 1. The highest BCUT2D eigenvalue weighted by atomic mass is 16.5. The third-order valence-electron chi connectivity index (χ3n) is 6.55. The van der Waals surface area contributed by atoms with Gasteiger partial charge in [-0.05, 0) is 43.9 Å². The topological polar surface area (TPSA) is 112 Å². The lowest BCUT2D eigenvalue weighted by Gasteiger charge is -2.17. The second-order valence-electron chi connectivity index (χ2n) is 8.95. The first kappa shape index (κ1) is 22.1. The molecular formula is C25H26N4O5. The summed E-state index contributed by atoms with van der Waals surface area (Å²) in [5, 5.41) is 2.88. The number of fused-ring (bicyclic) bond motifs is 1. The predicted molar refractivity (Wildman–Crippen MR) is 125 cm³/mol. The minimum absolute atomic E-state index is 0.0339. The van der Waals surface area contributed by atoms with Gasteiger partial charge in [0.1, 0.15) is 6.54 Å². The van der Waals surface area contributed by atoms with E-state index in [1.165, 1.54) is 11.7 Å². The third-order valence-corrected chi connectivity index (χ3v) is 6.55. The number of hydrogen-bond acceptors (Lipinski definition) is 6. The second-order valence-corrected chi connectivity index (χ2v) is 8.95. The summed E-state index contributed by atoms with van der Waals surface area (Å²) in [6, 6.07) is 10.4. The molecule has 0 saturated heterocycles. The lowest BCUT2D eigenvalue weighted by molar-refractivity contribution is -0.122. The molecule has 2 aliphatic carbocycles. The Morgan fingerprint density at radius 3 is 2.44 bits per heavy atom. The van der Waals surface area contributed by atoms with Gasteiger partial charge in [0.15, 0.2) is 5.65 Å². The molecule has 3 aromatic rings. The van der Waals surface area contributed by atoms with E-state index < -0.39 is 29.7 Å². The van der Waals surface area contributed by atoms with Gasteiger partial charge in [0.25, 0.3) is 5.56 Å². The van der Waals surface area contributed by atoms with Crippen molar-refractivity contribution in [1.29, 1.82) is 0 Å². The standard InChI is InChI=1S/C25H26N4O5/c1-34-24(32)18-13-19(15-11-12-15)27-22-21(18)23(31)28(14-20(30)26-16-7-5-6-8-16)25(33)29(22)17-9-3-2-4-10-17/h2-4,9-10,13,15-16H,5-8,11-12,14H2,1H3,(H,26,30). The number of benzene rings is 1. The van der Waals surface area contributed by atoms with Crippen LogP contribution in [-0.4, -0.2) is 39.1 Å². The van der Waals surface area contributed by atoms with Crippen molar-refractivity contribution in [3.8, 4) is 5.69 Å². The number of esters is 1. The van der Waals surface area contributed by atoms with Crippen LogP contribution in [0.15, 0.2) is 46.0 Å². The zero-order valence-electron chi connectivity index (χ0n) is 19.0. The minimum Gasteiger partial charge on any atom is -0.465 e. The quantitative estimate of drug-likeness (QED) is 0.563. The van der Waals surface area contributed by atoms with E-state index >= 15 is 0 Å². The highest BCUT2D eigenvalue weighted by Crippen LogP contribution is 2.40. The Labute approximate surface area is 195 Å². The van der Waals surface area contributed by atoms with E-state index in [9.17, 15) is 19.2 Å². The number of aromatic nitrogens is 3. The summed E-state index contributed by atoms with van der Waals surface area (Å²) in [6.45, 7) is -0.443. The van der Waals surface area contributed by atoms with Crippen LogP contribution < -0.4 is 16.6 Å². The van der Waals surface area contributed by atoms with Gasteiger partial charge in [-0.15, -0.1) is 0 Å². The van der Waals surface area contributed by atoms with E-state index in [2.05, 4.69) is 10.3 Å². The van der Waals surface area contributed by atoms with Gasteiger partial charge in [0, 0.05) is 17.7 Å². The van der Waals surface area contributed by atoms with Gasteiger partial charge in [0.2, 0.25) is 5.91 Å². The van der Waals surface area contributed by atoms with Crippen LogP contribution in [0.2, 0.25) is 0 Å². The summed E-state index contributed by atoms with van der Waals surface area (Å²) in [7, 11) is 1.24. The molecule has 0 atom stereocenters.